The molecule has 3 aromatic carbocycles. The Balaban J connectivity index is 1.69. The van der Waals surface area contributed by atoms with Crippen molar-refractivity contribution in [3.8, 4) is 11.8 Å². The second kappa shape index (κ2) is 8.54. The largest absolute Gasteiger partial charge is 0.494 e. The van der Waals surface area contributed by atoms with E-state index in [0.717, 1.165) is 22.2 Å². The first-order valence-electron chi connectivity index (χ1n) is 8.59. The molecule has 0 aromatic heterocycles. The van der Waals surface area contributed by atoms with Crippen LogP contribution < -0.4 is 15.4 Å². The Hall–Kier alpha value is -3.78. The number of nitrogens with one attached hydrogen (secondary N) is 2. The molecule has 5 heteroatoms. The van der Waals surface area contributed by atoms with Crippen molar-refractivity contribution in [3.05, 3.63) is 78.5 Å². The number of hydrogen-bond acceptors (Lipinski definition) is 4. The van der Waals surface area contributed by atoms with E-state index in [-0.39, 0.29) is 5.57 Å². The maximum Gasteiger partial charge on any atom is 0.267 e. The third-order valence-electron chi connectivity index (χ3n) is 3.92. The highest BCUT2D eigenvalue weighted by atomic mass is 16.5. The number of hydrogen-bond donors (Lipinski definition) is 2. The van der Waals surface area contributed by atoms with Crippen LogP contribution in [-0.4, -0.2) is 12.5 Å². The van der Waals surface area contributed by atoms with E-state index in [1.807, 2.05) is 55.5 Å². The van der Waals surface area contributed by atoms with Crippen LogP contribution in [0, 0.1) is 11.3 Å². The van der Waals surface area contributed by atoms with E-state index in [9.17, 15) is 10.1 Å². The van der Waals surface area contributed by atoms with Gasteiger partial charge in [-0.2, -0.15) is 5.26 Å². The highest BCUT2D eigenvalue weighted by molar-refractivity contribution is 6.06. The Labute approximate surface area is 157 Å². The predicted molar refractivity (Wildman–Crippen MR) is 108 cm³/mol. The highest BCUT2D eigenvalue weighted by Gasteiger charge is 2.09. The molecule has 2 N–H and O–H groups in total. The van der Waals surface area contributed by atoms with Crippen LogP contribution in [-0.2, 0) is 4.79 Å². The van der Waals surface area contributed by atoms with Gasteiger partial charge in [-0.05, 0) is 54.1 Å². The van der Waals surface area contributed by atoms with E-state index in [1.165, 1.54) is 6.20 Å². The Morgan fingerprint density at radius 1 is 1.04 bits per heavy atom. The van der Waals surface area contributed by atoms with Crippen molar-refractivity contribution in [2.45, 2.75) is 6.92 Å². The minimum absolute atomic E-state index is 0.0166. The van der Waals surface area contributed by atoms with E-state index in [2.05, 4.69) is 10.6 Å². The fraction of sp³-hybridized carbons (Fsp3) is 0.0909. The molecule has 0 aliphatic rings. The van der Waals surface area contributed by atoms with Crippen LogP contribution in [0.2, 0.25) is 0 Å². The Kier molecular flexibility index (Phi) is 5.70. The fourth-order valence-electron chi connectivity index (χ4n) is 2.58. The molecule has 0 aliphatic heterocycles. The minimum atomic E-state index is -0.477. The topological polar surface area (TPSA) is 74.1 Å². The molecular formula is C22H19N3O2. The number of amides is 1. The number of benzene rings is 3. The minimum Gasteiger partial charge on any atom is -0.494 e. The maximum atomic E-state index is 12.3. The van der Waals surface area contributed by atoms with Crippen molar-refractivity contribution in [3.63, 3.8) is 0 Å². The smallest absolute Gasteiger partial charge is 0.267 e. The Morgan fingerprint density at radius 2 is 1.74 bits per heavy atom. The molecule has 5 nitrogen and oxygen atoms in total. The average molecular weight is 357 g/mol. The van der Waals surface area contributed by atoms with Gasteiger partial charge in [-0.25, -0.2) is 0 Å². The van der Waals surface area contributed by atoms with Gasteiger partial charge in [-0.3, -0.25) is 4.79 Å². The molecule has 0 fully saturated rings. The van der Waals surface area contributed by atoms with Crippen molar-refractivity contribution in [1.29, 1.82) is 5.26 Å². The fourth-order valence-corrected chi connectivity index (χ4v) is 2.58. The van der Waals surface area contributed by atoms with Crippen LogP contribution in [0.5, 0.6) is 5.75 Å². The molecule has 0 saturated carbocycles. The number of anilines is 2. The van der Waals surface area contributed by atoms with Crippen LogP contribution >= 0.6 is 0 Å². The van der Waals surface area contributed by atoms with Crippen LogP contribution in [0.4, 0.5) is 11.4 Å². The molecule has 0 unspecified atom stereocenters. The molecule has 0 atom stereocenters. The summed E-state index contributed by atoms with van der Waals surface area (Å²) in [5.41, 5.74) is 1.38. The first-order chi connectivity index (χ1) is 13.2. The maximum absolute atomic E-state index is 12.3. The summed E-state index contributed by atoms with van der Waals surface area (Å²) in [6.45, 7) is 2.48. The number of nitriles is 1. The summed E-state index contributed by atoms with van der Waals surface area (Å²) in [7, 11) is 0. The third-order valence-corrected chi connectivity index (χ3v) is 3.92. The SMILES string of the molecule is CCOc1ccc(NC(=O)/C(C#N)=C\Nc2ccc3ccccc3c2)cc1. The molecule has 27 heavy (non-hydrogen) atoms. The lowest BCUT2D eigenvalue weighted by molar-refractivity contribution is -0.112. The van der Waals surface area contributed by atoms with Crippen molar-refractivity contribution in [1.82, 2.24) is 0 Å². The van der Waals surface area contributed by atoms with Crippen LogP contribution in [0.15, 0.2) is 78.5 Å². The van der Waals surface area contributed by atoms with Crippen LogP contribution in [0.1, 0.15) is 6.92 Å². The quantitative estimate of drug-likeness (QED) is 0.495. The molecule has 0 saturated heterocycles. The summed E-state index contributed by atoms with van der Waals surface area (Å²) in [6, 6.07) is 22.7. The van der Waals surface area contributed by atoms with Crippen molar-refractivity contribution in [2.24, 2.45) is 0 Å². The zero-order valence-electron chi connectivity index (χ0n) is 14.9. The first kappa shape index (κ1) is 18.0. The predicted octanol–water partition coefficient (Wildman–Crippen LogP) is 4.70. The van der Waals surface area contributed by atoms with E-state index in [1.54, 1.807) is 24.3 Å². The van der Waals surface area contributed by atoms with Gasteiger partial charge in [0.15, 0.2) is 0 Å². The zero-order chi connectivity index (χ0) is 19.1. The van der Waals surface area contributed by atoms with E-state index in [0.29, 0.717) is 12.3 Å². The number of nitrogens with zero attached hydrogens (tertiary/aromatic N) is 1. The van der Waals surface area contributed by atoms with Crippen molar-refractivity contribution >= 4 is 28.1 Å². The van der Waals surface area contributed by atoms with Crippen molar-refractivity contribution < 1.29 is 9.53 Å². The molecule has 134 valence electrons. The normalized spacial score (nSPS) is 10.9. The van der Waals surface area contributed by atoms with Gasteiger partial charge < -0.3 is 15.4 Å². The summed E-state index contributed by atoms with van der Waals surface area (Å²) in [5, 5.41) is 17.2. The summed E-state index contributed by atoms with van der Waals surface area (Å²) < 4.78 is 5.37. The first-order valence-corrected chi connectivity index (χ1v) is 8.59. The Morgan fingerprint density at radius 3 is 2.44 bits per heavy atom. The van der Waals surface area contributed by atoms with Gasteiger partial charge >= 0.3 is 0 Å². The molecular weight excluding hydrogens is 338 g/mol. The van der Waals surface area contributed by atoms with Gasteiger partial charge in [-0.1, -0.05) is 30.3 Å². The summed E-state index contributed by atoms with van der Waals surface area (Å²) in [5.74, 6) is 0.250. The molecule has 0 heterocycles. The summed E-state index contributed by atoms with van der Waals surface area (Å²) in [4.78, 5) is 12.3. The number of carbonyl (C=O) groups excluding carboxylic acids is 1. The van der Waals surface area contributed by atoms with Crippen LogP contribution in [0.25, 0.3) is 10.8 Å². The lowest BCUT2D eigenvalue weighted by Gasteiger charge is -2.07. The van der Waals surface area contributed by atoms with Gasteiger partial charge in [0.25, 0.3) is 5.91 Å². The summed E-state index contributed by atoms with van der Waals surface area (Å²) >= 11 is 0. The monoisotopic (exact) mass is 357 g/mol. The van der Waals surface area contributed by atoms with Crippen LogP contribution in [0.3, 0.4) is 0 Å². The van der Waals surface area contributed by atoms with Gasteiger partial charge in [0, 0.05) is 17.6 Å². The molecule has 0 radical (unpaired) electrons. The van der Waals surface area contributed by atoms with Gasteiger partial charge in [0.05, 0.1) is 6.61 Å². The second-order valence-electron chi connectivity index (χ2n) is 5.79. The lowest BCUT2D eigenvalue weighted by Crippen LogP contribution is -2.14. The molecule has 0 aliphatic carbocycles. The number of carbonyl (C=O) groups is 1. The van der Waals surface area contributed by atoms with Crippen molar-refractivity contribution in [2.75, 3.05) is 17.2 Å². The van der Waals surface area contributed by atoms with E-state index < -0.39 is 5.91 Å². The zero-order valence-corrected chi connectivity index (χ0v) is 14.9. The number of ether oxygens (including phenoxy) is 1. The van der Waals surface area contributed by atoms with Gasteiger partial charge in [-0.15, -0.1) is 0 Å². The molecule has 3 rings (SSSR count). The second-order valence-corrected chi connectivity index (χ2v) is 5.79. The molecule has 0 spiro atoms. The number of fused-ring (bicyclic) bond motifs is 1. The van der Waals surface area contributed by atoms with E-state index in [4.69, 9.17) is 4.74 Å². The van der Waals surface area contributed by atoms with E-state index >= 15 is 0 Å². The molecule has 0 bridgehead atoms. The average Bonchev–Trinajstić information content (AvgIpc) is 2.70. The van der Waals surface area contributed by atoms with Gasteiger partial charge in [0.1, 0.15) is 17.4 Å². The van der Waals surface area contributed by atoms with Gasteiger partial charge in [0.2, 0.25) is 0 Å². The Bertz CT molecular complexity index is 1020. The molecule has 1 amide bonds. The molecule has 3 aromatic rings. The number of rotatable bonds is 6. The standard InChI is InChI=1S/C22H19N3O2/c1-2-27-21-11-9-19(10-12-21)25-22(26)18(14-23)15-24-20-8-7-16-5-3-4-6-17(16)13-20/h3-13,15,24H,2H2,1H3,(H,25,26)/b18-15-. The lowest BCUT2D eigenvalue weighted by atomic mass is 10.1. The summed E-state index contributed by atoms with van der Waals surface area (Å²) in [6.07, 6.45) is 1.41. The highest BCUT2D eigenvalue weighted by Crippen LogP contribution is 2.19. The third kappa shape index (κ3) is 4.65.